The van der Waals surface area contributed by atoms with Crippen molar-refractivity contribution in [2.75, 3.05) is 32.1 Å². The maximum absolute atomic E-state index is 13.9. The second-order valence-electron chi connectivity index (χ2n) is 9.02. The Kier molecular flexibility index (Phi) is 8.68. The average Bonchev–Trinajstić information content (AvgIpc) is 2.94. The first-order chi connectivity index (χ1) is 18.3. The molecule has 1 aliphatic rings. The van der Waals surface area contributed by atoms with E-state index in [0.717, 1.165) is 24.5 Å². The van der Waals surface area contributed by atoms with E-state index in [1.165, 1.54) is 19.2 Å². The van der Waals surface area contributed by atoms with Gasteiger partial charge >= 0.3 is 5.97 Å². The van der Waals surface area contributed by atoms with Crippen LogP contribution in [0.3, 0.4) is 0 Å². The number of hydrogen-bond donors (Lipinski definition) is 1. The molecule has 0 spiro atoms. The van der Waals surface area contributed by atoms with Crippen LogP contribution in [0.4, 0.5) is 14.5 Å². The van der Waals surface area contributed by atoms with Crippen molar-refractivity contribution in [3.8, 4) is 5.75 Å². The summed E-state index contributed by atoms with van der Waals surface area (Å²) in [5.74, 6) is -2.20. The average molecular weight is 523 g/mol. The number of ether oxygens (including phenoxy) is 2. The molecule has 0 bridgehead atoms. The summed E-state index contributed by atoms with van der Waals surface area (Å²) in [6.07, 6.45) is 1.35. The number of methoxy groups -OCH3 is 1. The van der Waals surface area contributed by atoms with Gasteiger partial charge in [0.15, 0.2) is 18.2 Å². The molecule has 38 heavy (non-hydrogen) atoms. The Labute approximate surface area is 219 Å². The van der Waals surface area contributed by atoms with Gasteiger partial charge in [-0.25, -0.2) is 13.6 Å². The fraction of sp³-hybridized carbons (Fsp3) is 0.276. The van der Waals surface area contributed by atoms with Gasteiger partial charge in [-0.05, 0) is 66.8 Å². The van der Waals surface area contributed by atoms with Gasteiger partial charge in [-0.3, -0.25) is 9.59 Å². The van der Waals surface area contributed by atoms with Gasteiger partial charge in [0.05, 0.1) is 19.1 Å². The highest BCUT2D eigenvalue weighted by Crippen LogP contribution is 2.29. The van der Waals surface area contributed by atoms with E-state index in [9.17, 15) is 23.2 Å². The standard InChI is InChI=1S/C29H28F2N2O5/c1-37-29(36)21-7-11-24(12-8-21)38-18-26(34)32-23-9-5-19(6-10-23)20-13-15-33(16-14-20)27(35)17-22-3-2-4-25(30)28(22)31/h2-12,20H,13-18H2,1H3,(H,32,34). The van der Waals surface area contributed by atoms with Gasteiger partial charge in [0.2, 0.25) is 5.91 Å². The SMILES string of the molecule is COC(=O)c1ccc(OCC(=O)Nc2ccc(C3CCN(C(=O)Cc4cccc(F)c4F)CC3)cc2)cc1. The number of nitrogens with one attached hydrogen (secondary N) is 1. The van der Waals surface area contributed by atoms with Crippen LogP contribution in [0.15, 0.2) is 66.7 Å². The monoisotopic (exact) mass is 522 g/mol. The Morgan fingerprint density at radius 3 is 2.29 bits per heavy atom. The third-order valence-electron chi connectivity index (χ3n) is 6.53. The highest BCUT2D eigenvalue weighted by Gasteiger charge is 2.25. The molecule has 0 aliphatic carbocycles. The molecule has 4 rings (SSSR count). The molecule has 1 N–H and O–H groups in total. The lowest BCUT2D eigenvalue weighted by Gasteiger charge is -2.32. The summed E-state index contributed by atoms with van der Waals surface area (Å²) in [6, 6.07) is 17.7. The molecule has 0 unspecified atom stereocenters. The topological polar surface area (TPSA) is 84.9 Å². The minimum absolute atomic E-state index is 0.0663. The summed E-state index contributed by atoms with van der Waals surface area (Å²) < 4.78 is 37.4. The number of carbonyl (C=O) groups is 3. The number of piperidine rings is 1. The second kappa shape index (κ2) is 12.3. The predicted octanol–water partition coefficient (Wildman–Crippen LogP) is 4.72. The van der Waals surface area contributed by atoms with Crippen LogP contribution in [0.5, 0.6) is 5.75 Å². The third-order valence-corrected chi connectivity index (χ3v) is 6.53. The first-order valence-corrected chi connectivity index (χ1v) is 12.3. The minimum atomic E-state index is -0.969. The molecule has 0 radical (unpaired) electrons. The van der Waals surface area contributed by atoms with Crippen LogP contribution in [0.25, 0.3) is 0 Å². The van der Waals surface area contributed by atoms with Crippen molar-refractivity contribution in [2.24, 2.45) is 0 Å². The maximum atomic E-state index is 13.9. The van der Waals surface area contributed by atoms with Crippen LogP contribution in [0, 0.1) is 11.6 Å². The number of carbonyl (C=O) groups excluding carboxylic acids is 3. The zero-order valence-electron chi connectivity index (χ0n) is 20.9. The number of amides is 2. The van der Waals surface area contributed by atoms with Crippen molar-refractivity contribution in [3.05, 3.63) is 95.1 Å². The van der Waals surface area contributed by atoms with Gasteiger partial charge in [0.1, 0.15) is 5.75 Å². The molecular weight excluding hydrogens is 494 g/mol. The second-order valence-corrected chi connectivity index (χ2v) is 9.02. The highest BCUT2D eigenvalue weighted by molar-refractivity contribution is 5.92. The predicted molar refractivity (Wildman–Crippen MR) is 137 cm³/mol. The molecule has 0 saturated carbocycles. The normalized spacial score (nSPS) is 13.6. The van der Waals surface area contributed by atoms with Crippen LogP contribution < -0.4 is 10.1 Å². The fourth-order valence-electron chi connectivity index (χ4n) is 4.41. The molecule has 1 saturated heterocycles. The zero-order chi connectivity index (χ0) is 27.1. The number of rotatable bonds is 8. The Bertz CT molecular complexity index is 1290. The number of anilines is 1. The van der Waals surface area contributed by atoms with Gasteiger partial charge in [-0.15, -0.1) is 0 Å². The van der Waals surface area contributed by atoms with Crippen molar-refractivity contribution in [1.82, 2.24) is 4.90 Å². The quantitative estimate of drug-likeness (QED) is 0.433. The Hall–Kier alpha value is -4.27. The van der Waals surface area contributed by atoms with Gasteiger partial charge in [-0.1, -0.05) is 24.3 Å². The molecule has 1 heterocycles. The van der Waals surface area contributed by atoms with Crippen LogP contribution in [0.1, 0.15) is 40.2 Å². The number of likely N-dealkylation sites (tertiary alicyclic amines) is 1. The van der Waals surface area contributed by atoms with E-state index >= 15 is 0 Å². The minimum Gasteiger partial charge on any atom is -0.484 e. The van der Waals surface area contributed by atoms with Crippen molar-refractivity contribution in [3.63, 3.8) is 0 Å². The van der Waals surface area contributed by atoms with Crippen LogP contribution in [-0.4, -0.2) is 49.5 Å². The van der Waals surface area contributed by atoms with E-state index < -0.39 is 17.6 Å². The van der Waals surface area contributed by atoms with E-state index in [1.54, 1.807) is 29.2 Å². The van der Waals surface area contributed by atoms with Crippen LogP contribution >= 0.6 is 0 Å². The Balaban J connectivity index is 1.22. The van der Waals surface area contributed by atoms with Gasteiger partial charge < -0.3 is 19.7 Å². The molecule has 3 aromatic carbocycles. The summed E-state index contributed by atoms with van der Waals surface area (Å²) in [6.45, 7) is 0.888. The Morgan fingerprint density at radius 1 is 0.947 bits per heavy atom. The van der Waals surface area contributed by atoms with E-state index in [-0.39, 0.29) is 36.3 Å². The number of hydrogen-bond acceptors (Lipinski definition) is 5. The molecule has 0 aromatic heterocycles. The molecule has 0 atom stereocenters. The van der Waals surface area contributed by atoms with Crippen molar-refractivity contribution < 1.29 is 32.6 Å². The molecule has 2 amide bonds. The molecule has 198 valence electrons. The number of nitrogens with zero attached hydrogens (tertiary/aromatic N) is 1. The molecule has 1 fully saturated rings. The lowest BCUT2D eigenvalue weighted by Crippen LogP contribution is -2.38. The molecule has 7 nitrogen and oxygen atoms in total. The summed E-state index contributed by atoms with van der Waals surface area (Å²) in [5, 5.41) is 2.79. The van der Waals surface area contributed by atoms with Crippen molar-refractivity contribution >= 4 is 23.5 Å². The number of benzene rings is 3. The van der Waals surface area contributed by atoms with E-state index in [0.29, 0.717) is 30.1 Å². The van der Waals surface area contributed by atoms with Crippen LogP contribution in [0.2, 0.25) is 0 Å². The number of esters is 1. The van der Waals surface area contributed by atoms with Crippen LogP contribution in [-0.2, 0) is 20.7 Å². The zero-order valence-corrected chi connectivity index (χ0v) is 20.9. The summed E-state index contributed by atoms with van der Waals surface area (Å²) in [5.41, 5.74) is 2.19. The van der Waals surface area contributed by atoms with Crippen molar-refractivity contribution in [2.45, 2.75) is 25.2 Å². The summed E-state index contributed by atoms with van der Waals surface area (Å²) in [4.78, 5) is 38.0. The Morgan fingerprint density at radius 2 is 1.63 bits per heavy atom. The first-order valence-electron chi connectivity index (χ1n) is 12.3. The number of halogens is 2. The molecule has 3 aromatic rings. The maximum Gasteiger partial charge on any atom is 0.337 e. The largest absolute Gasteiger partial charge is 0.484 e. The van der Waals surface area contributed by atoms with Crippen molar-refractivity contribution in [1.29, 1.82) is 0 Å². The van der Waals surface area contributed by atoms with E-state index in [1.807, 2.05) is 24.3 Å². The fourth-order valence-corrected chi connectivity index (χ4v) is 4.41. The third kappa shape index (κ3) is 6.73. The first kappa shape index (κ1) is 26.8. The van der Waals surface area contributed by atoms with E-state index in [4.69, 9.17) is 4.74 Å². The summed E-state index contributed by atoms with van der Waals surface area (Å²) in [7, 11) is 1.30. The lowest BCUT2D eigenvalue weighted by molar-refractivity contribution is -0.131. The molecular formula is C29H28F2N2O5. The van der Waals surface area contributed by atoms with Gasteiger partial charge in [-0.2, -0.15) is 0 Å². The molecule has 1 aliphatic heterocycles. The smallest absolute Gasteiger partial charge is 0.337 e. The van der Waals surface area contributed by atoms with Gasteiger partial charge in [0.25, 0.3) is 5.91 Å². The molecule has 9 heteroatoms. The highest BCUT2D eigenvalue weighted by atomic mass is 19.2. The van der Waals surface area contributed by atoms with Gasteiger partial charge in [0, 0.05) is 24.3 Å². The van der Waals surface area contributed by atoms with E-state index in [2.05, 4.69) is 10.1 Å². The lowest BCUT2D eigenvalue weighted by atomic mass is 9.89. The summed E-state index contributed by atoms with van der Waals surface area (Å²) >= 11 is 0.